The molecule has 1 aliphatic heterocycles. The number of nitrogens with zero attached hydrogens (tertiary/aromatic N) is 1. The lowest BCUT2D eigenvalue weighted by molar-refractivity contribution is -0.133. The van der Waals surface area contributed by atoms with Gasteiger partial charge in [-0.3, -0.25) is 4.79 Å². The maximum absolute atomic E-state index is 12.5. The molecule has 19 heavy (non-hydrogen) atoms. The molecule has 0 radical (unpaired) electrons. The van der Waals surface area contributed by atoms with Crippen molar-refractivity contribution >= 4 is 5.91 Å². The van der Waals surface area contributed by atoms with Gasteiger partial charge in [-0.15, -0.1) is 0 Å². The molecule has 0 aliphatic carbocycles. The van der Waals surface area contributed by atoms with Crippen LogP contribution in [-0.4, -0.2) is 63.3 Å². The fraction of sp³-hybridized carbons (Fsp3) is 0.929. The molecule has 0 saturated carbocycles. The first-order valence-corrected chi connectivity index (χ1v) is 7.31. The van der Waals surface area contributed by atoms with Gasteiger partial charge in [-0.25, -0.2) is 0 Å². The molecule has 1 fully saturated rings. The SMILES string of the molecule is CCN(CC)CC(C)NC(=O)C1(COC)CCNC1. The zero-order chi connectivity index (χ0) is 14.3. The van der Waals surface area contributed by atoms with E-state index in [0.717, 1.165) is 32.6 Å². The van der Waals surface area contributed by atoms with E-state index in [9.17, 15) is 4.79 Å². The lowest BCUT2D eigenvalue weighted by Crippen LogP contribution is -2.51. The van der Waals surface area contributed by atoms with E-state index in [1.54, 1.807) is 7.11 Å². The quantitative estimate of drug-likeness (QED) is 0.673. The maximum atomic E-state index is 12.5. The Kier molecular flexibility index (Phi) is 6.75. The number of hydrogen-bond donors (Lipinski definition) is 2. The predicted molar refractivity (Wildman–Crippen MR) is 77.2 cm³/mol. The fourth-order valence-corrected chi connectivity index (χ4v) is 2.69. The number of amides is 1. The molecule has 1 rings (SSSR count). The van der Waals surface area contributed by atoms with Crippen molar-refractivity contribution in [1.82, 2.24) is 15.5 Å². The van der Waals surface area contributed by atoms with Gasteiger partial charge in [-0.1, -0.05) is 13.8 Å². The number of methoxy groups -OCH3 is 1. The highest BCUT2D eigenvalue weighted by molar-refractivity contribution is 5.83. The van der Waals surface area contributed by atoms with Gasteiger partial charge < -0.3 is 20.3 Å². The second-order valence-electron chi connectivity index (χ2n) is 5.50. The Morgan fingerprint density at radius 3 is 2.63 bits per heavy atom. The van der Waals surface area contributed by atoms with Crippen LogP contribution >= 0.6 is 0 Å². The average molecular weight is 271 g/mol. The minimum Gasteiger partial charge on any atom is -0.384 e. The topological polar surface area (TPSA) is 53.6 Å². The van der Waals surface area contributed by atoms with Crippen LogP contribution in [0.5, 0.6) is 0 Å². The van der Waals surface area contributed by atoms with E-state index in [0.29, 0.717) is 13.2 Å². The molecule has 112 valence electrons. The summed E-state index contributed by atoms with van der Waals surface area (Å²) in [4.78, 5) is 14.8. The Hall–Kier alpha value is -0.650. The Morgan fingerprint density at radius 1 is 1.47 bits per heavy atom. The average Bonchev–Trinajstić information content (AvgIpc) is 2.86. The first-order chi connectivity index (χ1) is 9.07. The van der Waals surface area contributed by atoms with Crippen LogP contribution in [0.2, 0.25) is 0 Å². The van der Waals surface area contributed by atoms with Crippen LogP contribution in [0.3, 0.4) is 0 Å². The summed E-state index contributed by atoms with van der Waals surface area (Å²) in [5, 5.41) is 6.41. The highest BCUT2D eigenvalue weighted by atomic mass is 16.5. The van der Waals surface area contributed by atoms with E-state index in [2.05, 4.69) is 36.3 Å². The predicted octanol–water partition coefficient (Wildman–Crippen LogP) is 0.459. The third-order valence-corrected chi connectivity index (χ3v) is 3.95. The molecule has 2 N–H and O–H groups in total. The zero-order valence-corrected chi connectivity index (χ0v) is 12.8. The van der Waals surface area contributed by atoms with E-state index in [1.807, 2.05) is 0 Å². The van der Waals surface area contributed by atoms with E-state index in [-0.39, 0.29) is 17.4 Å². The van der Waals surface area contributed by atoms with Gasteiger partial charge in [0.15, 0.2) is 0 Å². The second kappa shape index (κ2) is 7.82. The van der Waals surface area contributed by atoms with Crippen LogP contribution in [0.25, 0.3) is 0 Å². The standard InChI is InChI=1S/C14H29N3O2/c1-5-17(6-2)9-12(3)16-13(18)14(11-19-4)7-8-15-10-14/h12,15H,5-11H2,1-4H3,(H,16,18). The summed E-state index contributed by atoms with van der Waals surface area (Å²) >= 11 is 0. The van der Waals surface area contributed by atoms with Crippen molar-refractivity contribution in [2.75, 3.05) is 46.4 Å². The summed E-state index contributed by atoms with van der Waals surface area (Å²) in [5.41, 5.74) is -0.383. The highest BCUT2D eigenvalue weighted by Crippen LogP contribution is 2.26. The van der Waals surface area contributed by atoms with E-state index >= 15 is 0 Å². The number of rotatable bonds is 8. The molecule has 1 aliphatic rings. The van der Waals surface area contributed by atoms with Crippen molar-refractivity contribution in [2.24, 2.45) is 5.41 Å². The third-order valence-electron chi connectivity index (χ3n) is 3.95. The van der Waals surface area contributed by atoms with Crippen LogP contribution in [0, 0.1) is 5.41 Å². The molecule has 5 nitrogen and oxygen atoms in total. The normalized spacial score (nSPS) is 24.7. The second-order valence-corrected chi connectivity index (χ2v) is 5.50. The molecular weight excluding hydrogens is 242 g/mol. The van der Waals surface area contributed by atoms with Gasteiger partial charge in [-0.05, 0) is 33.0 Å². The first-order valence-electron chi connectivity index (χ1n) is 7.31. The summed E-state index contributed by atoms with van der Waals surface area (Å²) < 4.78 is 5.24. The lowest BCUT2D eigenvalue weighted by atomic mass is 9.86. The monoisotopic (exact) mass is 271 g/mol. The zero-order valence-electron chi connectivity index (χ0n) is 12.8. The van der Waals surface area contributed by atoms with Gasteiger partial charge in [0, 0.05) is 26.2 Å². The van der Waals surface area contributed by atoms with Gasteiger partial charge in [-0.2, -0.15) is 0 Å². The molecular formula is C14H29N3O2. The minimum absolute atomic E-state index is 0.124. The lowest BCUT2D eigenvalue weighted by Gasteiger charge is -2.30. The Morgan fingerprint density at radius 2 is 2.16 bits per heavy atom. The first kappa shape index (κ1) is 16.4. The maximum Gasteiger partial charge on any atom is 0.230 e. The summed E-state index contributed by atoms with van der Waals surface area (Å²) in [7, 11) is 1.66. The van der Waals surface area contributed by atoms with Crippen LogP contribution in [0.4, 0.5) is 0 Å². The largest absolute Gasteiger partial charge is 0.384 e. The molecule has 2 unspecified atom stereocenters. The van der Waals surface area contributed by atoms with Crippen molar-refractivity contribution in [1.29, 1.82) is 0 Å². The van der Waals surface area contributed by atoms with Gasteiger partial charge in [0.1, 0.15) is 0 Å². The van der Waals surface area contributed by atoms with E-state index < -0.39 is 0 Å². The molecule has 0 bridgehead atoms. The van der Waals surface area contributed by atoms with Crippen molar-refractivity contribution < 1.29 is 9.53 Å². The van der Waals surface area contributed by atoms with Gasteiger partial charge in [0.05, 0.1) is 12.0 Å². The summed E-state index contributed by atoms with van der Waals surface area (Å²) in [5.74, 6) is 0.124. The molecule has 0 aromatic carbocycles. The highest BCUT2D eigenvalue weighted by Gasteiger charge is 2.41. The Balaban J connectivity index is 2.52. The summed E-state index contributed by atoms with van der Waals surface area (Å²) in [6.07, 6.45) is 0.852. The van der Waals surface area contributed by atoms with Crippen molar-refractivity contribution in [2.45, 2.75) is 33.2 Å². The van der Waals surface area contributed by atoms with E-state index in [4.69, 9.17) is 4.74 Å². The number of ether oxygens (including phenoxy) is 1. The number of nitrogens with one attached hydrogen (secondary N) is 2. The molecule has 1 amide bonds. The Labute approximate surface area is 117 Å². The van der Waals surface area contributed by atoms with Crippen molar-refractivity contribution in [3.8, 4) is 0 Å². The van der Waals surface area contributed by atoms with Crippen LogP contribution in [-0.2, 0) is 9.53 Å². The van der Waals surface area contributed by atoms with Gasteiger partial charge in [0.25, 0.3) is 0 Å². The summed E-state index contributed by atoms with van der Waals surface area (Å²) in [6, 6.07) is 0.168. The molecule has 5 heteroatoms. The molecule has 0 aromatic heterocycles. The number of hydrogen-bond acceptors (Lipinski definition) is 4. The molecule has 0 aromatic rings. The fourth-order valence-electron chi connectivity index (χ4n) is 2.69. The number of carbonyl (C=O) groups excluding carboxylic acids is 1. The van der Waals surface area contributed by atoms with Gasteiger partial charge >= 0.3 is 0 Å². The molecule has 1 saturated heterocycles. The van der Waals surface area contributed by atoms with Crippen LogP contribution in [0.15, 0.2) is 0 Å². The van der Waals surface area contributed by atoms with E-state index in [1.165, 1.54) is 0 Å². The van der Waals surface area contributed by atoms with Crippen LogP contribution in [0.1, 0.15) is 27.2 Å². The number of likely N-dealkylation sites (N-methyl/N-ethyl adjacent to an activating group) is 1. The Bertz CT molecular complexity index is 274. The number of carbonyl (C=O) groups is 1. The van der Waals surface area contributed by atoms with Crippen LogP contribution < -0.4 is 10.6 Å². The molecule has 2 atom stereocenters. The van der Waals surface area contributed by atoms with Crippen molar-refractivity contribution in [3.63, 3.8) is 0 Å². The third kappa shape index (κ3) is 4.44. The smallest absolute Gasteiger partial charge is 0.230 e. The van der Waals surface area contributed by atoms with Gasteiger partial charge in [0.2, 0.25) is 5.91 Å². The van der Waals surface area contributed by atoms with Crippen molar-refractivity contribution in [3.05, 3.63) is 0 Å². The minimum atomic E-state index is -0.383. The molecule has 1 heterocycles. The summed E-state index contributed by atoms with van der Waals surface area (Å²) in [6.45, 7) is 11.4. The molecule has 0 spiro atoms.